The van der Waals surface area contributed by atoms with E-state index < -0.39 is 5.60 Å². The van der Waals surface area contributed by atoms with Crippen LogP contribution in [0.4, 0.5) is 0 Å². The predicted molar refractivity (Wildman–Crippen MR) is 75.8 cm³/mol. The minimum atomic E-state index is -0.419. The van der Waals surface area contributed by atoms with Crippen molar-refractivity contribution in [2.75, 3.05) is 0 Å². The maximum Gasteiger partial charge on any atom is 0.0652 e. The quantitative estimate of drug-likeness (QED) is 0.908. The highest BCUT2D eigenvalue weighted by molar-refractivity contribution is 5.03. The molecule has 1 N–H and O–H groups in total. The molecule has 0 unspecified atom stereocenters. The molecule has 106 valence electrons. The van der Waals surface area contributed by atoms with E-state index in [1.165, 1.54) is 44.2 Å². The van der Waals surface area contributed by atoms with E-state index in [0.717, 1.165) is 25.7 Å². The van der Waals surface area contributed by atoms with Gasteiger partial charge in [0.1, 0.15) is 0 Å². The Kier molecular flexibility index (Phi) is 3.42. The first-order chi connectivity index (χ1) is 9.11. The van der Waals surface area contributed by atoms with E-state index in [1.54, 1.807) is 0 Å². The fraction of sp³-hybridized carbons (Fsp3) is 0.812. The van der Waals surface area contributed by atoms with Crippen LogP contribution in [0.2, 0.25) is 0 Å². The fourth-order valence-corrected chi connectivity index (χ4v) is 4.13. The summed E-state index contributed by atoms with van der Waals surface area (Å²) in [4.78, 5) is 0. The first-order valence-electron chi connectivity index (χ1n) is 7.80. The molecule has 3 nitrogen and oxygen atoms in total. The van der Waals surface area contributed by atoms with Crippen LogP contribution in [-0.2, 0) is 13.5 Å². The molecule has 0 aromatic carbocycles. The fourth-order valence-electron chi connectivity index (χ4n) is 4.13. The van der Waals surface area contributed by atoms with Crippen LogP contribution >= 0.6 is 0 Å². The van der Waals surface area contributed by atoms with Gasteiger partial charge in [0.2, 0.25) is 0 Å². The van der Waals surface area contributed by atoms with Gasteiger partial charge in [-0.15, -0.1) is 0 Å². The average Bonchev–Trinajstić information content (AvgIpc) is 3.02. The number of aryl methyl sites for hydroxylation is 2. The maximum atomic E-state index is 10.8. The summed E-state index contributed by atoms with van der Waals surface area (Å²) in [5, 5.41) is 15.0. The van der Waals surface area contributed by atoms with Gasteiger partial charge in [-0.2, -0.15) is 5.10 Å². The number of hydrogen-bond acceptors (Lipinski definition) is 2. The third kappa shape index (κ3) is 2.71. The standard InChI is InChI=1S/C16H26N2O/c1-18-14(5-13-17-18)4-8-16(19)11-9-15(10-12-16)6-2-3-7-15/h5,13,19H,2-4,6-12H2,1H3. The van der Waals surface area contributed by atoms with E-state index in [1.807, 2.05) is 17.9 Å². The van der Waals surface area contributed by atoms with Crippen LogP contribution in [0.15, 0.2) is 12.3 Å². The Morgan fingerprint density at radius 2 is 1.84 bits per heavy atom. The molecular formula is C16H26N2O. The number of nitrogens with zero attached hydrogens (tertiary/aromatic N) is 2. The molecule has 0 radical (unpaired) electrons. The lowest BCUT2D eigenvalue weighted by Gasteiger charge is -2.42. The van der Waals surface area contributed by atoms with Gasteiger partial charge in [-0.1, -0.05) is 12.8 Å². The average molecular weight is 262 g/mol. The van der Waals surface area contributed by atoms with Crippen molar-refractivity contribution >= 4 is 0 Å². The molecule has 1 aromatic heterocycles. The van der Waals surface area contributed by atoms with Crippen molar-refractivity contribution in [2.45, 2.75) is 69.8 Å². The molecule has 1 spiro atoms. The first-order valence-corrected chi connectivity index (χ1v) is 7.80. The minimum Gasteiger partial charge on any atom is -0.390 e. The van der Waals surface area contributed by atoms with E-state index in [9.17, 15) is 5.11 Å². The molecule has 2 aliphatic carbocycles. The Hall–Kier alpha value is -0.830. The zero-order valence-corrected chi connectivity index (χ0v) is 12.1. The van der Waals surface area contributed by atoms with Crippen molar-refractivity contribution in [1.29, 1.82) is 0 Å². The summed E-state index contributed by atoms with van der Waals surface area (Å²) in [6.45, 7) is 0. The molecule has 1 aromatic rings. The SMILES string of the molecule is Cn1nccc1CCC1(O)CCC2(CCCC2)CC1. The summed E-state index contributed by atoms with van der Waals surface area (Å²) in [5.74, 6) is 0. The van der Waals surface area contributed by atoms with Crippen LogP contribution in [0.25, 0.3) is 0 Å². The summed E-state index contributed by atoms with van der Waals surface area (Å²) in [6.07, 6.45) is 13.8. The highest BCUT2D eigenvalue weighted by Crippen LogP contribution is 2.51. The van der Waals surface area contributed by atoms with Gasteiger partial charge in [0.15, 0.2) is 0 Å². The molecular weight excluding hydrogens is 236 g/mol. The Morgan fingerprint density at radius 3 is 2.42 bits per heavy atom. The monoisotopic (exact) mass is 262 g/mol. The van der Waals surface area contributed by atoms with Gasteiger partial charge in [0.25, 0.3) is 0 Å². The van der Waals surface area contributed by atoms with Crippen molar-refractivity contribution in [3.8, 4) is 0 Å². The number of aliphatic hydroxyl groups is 1. The third-order valence-corrected chi connectivity index (χ3v) is 5.67. The predicted octanol–water partition coefficient (Wildman–Crippen LogP) is 3.22. The molecule has 2 fully saturated rings. The lowest BCUT2D eigenvalue weighted by atomic mass is 9.66. The maximum absolute atomic E-state index is 10.8. The summed E-state index contributed by atoms with van der Waals surface area (Å²) < 4.78 is 1.92. The third-order valence-electron chi connectivity index (χ3n) is 5.67. The van der Waals surface area contributed by atoms with Crippen LogP contribution < -0.4 is 0 Å². The van der Waals surface area contributed by atoms with Crippen LogP contribution in [-0.4, -0.2) is 20.5 Å². The van der Waals surface area contributed by atoms with Gasteiger partial charge in [-0.05, 0) is 62.8 Å². The van der Waals surface area contributed by atoms with E-state index in [0.29, 0.717) is 5.41 Å². The minimum absolute atomic E-state index is 0.419. The molecule has 19 heavy (non-hydrogen) atoms. The van der Waals surface area contributed by atoms with Crippen molar-refractivity contribution in [3.05, 3.63) is 18.0 Å². The molecule has 0 saturated heterocycles. The van der Waals surface area contributed by atoms with Crippen LogP contribution in [0, 0.1) is 5.41 Å². The van der Waals surface area contributed by atoms with Gasteiger partial charge in [-0.25, -0.2) is 0 Å². The molecule has 3 heteroatoms. The topological polar surface area (TPSA) is 38.0 Å². The number of hydrogen-bond donors (Lipinski definition) is 1. The molecule has 2 saturated carbocycles. The second-order valence-corrected chi connectivity index (χ2v) is 6.88. The molecule has 0 amide bonds. The van der Waals surface area contributed by atoms with Crippen molar-refractivity contribution in [3.63, 3.8) is 0 Å². The molecule has 0 aliphatic heterocycles. The summed E-state index contributed by atoms with van der Waals surface area (Å²) >= 11 is 0. The van der Waals surface area contributed by atoms with E-state index in [2.05, 4.69) is 11.2 Å². The van der Waals surface area contributed by atoms with Crippen LogP contribution in [0.1, 0.15) is 63.5 Å². The van der Waals surface area contributed by atoms with Crippen LogP contribution in [0.3, 0.4) is 0 Å². The summed E-state index contributed by atoms with van der Waals surface area (Å²) in [6, 6.07) is 2.06. The summed E-state index contributed by atoms with van der Waals surface area (Å²) in [5.41, 5.74) is 1.42. The molecule has 0 atom stereocenters. The molecule has 2 aliphatic rings. The molecule has 1 heterocycles. The summed E-state index contributed by atoms with van der Waals surface area (Å²) in [7, 11) is 1.98. The Balaban J connectivity index is 1.55. The molecule has 0 bridgehead atoms. The van der Waals surface area contributed by atoms with Gasteiger partial charge in [0.05, 0.1) is 5.60 Å². The zero-order chi connectivity index (χ0) is 13.3. The zero-order valence-electron chi connectivity index (χ0n) is 12.1. The highest BCUT2D eigenvalue weighted by atomic mass is 16.3. The van der Waals surface area contributed by atoms with E-state index in [4.69, 9.17) is 0 Å². The Morgan fingerprint density at radius 1 is 1.16 bits per heavy atom. The second kappa shape index (κ2) is 4.93. The Labute approximate surface area is 116 Å². The van der Waals surface area contributed by atoms with Crippen LogP contribution in [0.5, 0.6) is 0 Å². The van der Waals surface area contributed by atoms with Crippen molar-refractivity contribution in [1.82, 2.24) is 9.78 Å². The number of rotatable bonds is 3. The van der Waals surface area contributed by atoms with Gasteiger partial charge >= 0.3 is 0 Å². The smallest absolute Gasteiger partial charge is 0.0652 e. The first kappa shape index (κ1) is 13.2. The van der Waals surface area contributed by atoms with Gasteiger partial charge < -0.3 is 5.11 Å². The lowest BCUT2D eigenvalue weighted by Crippen LogP contribution is -2.38. The number of aromatic nitrogens is 2. The normalized spacial score (nSPS) is 24.9. The Bertz CT molecular complexity index is 422. The van der Waals surface area contributed by atoms with Gasteiger partial charge in [0, 0.05) is 18.9 Å². The lowest BCUT2D eigenvalue weighted by molar-refractivity contribution is -0.0387. The van der Waals surface area contributed by atoms with E-state index in [-0.39, 0.29) is 0 Å². The second-order valence-electron chi connectivity index (χ2n) is 6.88. The van der Waals surface area contributed by atoms with E-state index >= 15 is 0 Å². The van der Waals surface area contributed by atoms with Crippen molar-refractivity contribution in [2.24, 2.45) is 12.5 Å². The molecule has 3 rings (SSSR count). The highest BCUT2D eigenvalue weighted by Gasteiger charge is 2.42. The van der Waals surface area contributed by atoms with Crippen molar-refractivity contribution < 1.29 is 5.11 Å². The largest absolute Gasteiger partial charge is 0.390 e. The van der Waals surface area contributed by atoms with Gasteiger partial charge in [-0.3, -0.25) is 4.68 Å².